The molecule has 1 aliphatic carbocycles. The Morgan fingerprint density at radius 2 is 1.52 bits per heavy atom. The Bertz CT molecular complexity index is 2360. The maximum atomic E-state index is 13.6. The van der Waals surface area contributed by atoms with Crippen LogP contribution in [0.1, 0.15) is 81.9 Å². The predicted molar refractivity (Wildman–Crippen MR) is 220 cm³/mol. The number of ether oxygens (including phenoxy) is 2. The lowest BCUT2D eigenvalue weighted by atomic mass is 9.98. The van der Waals surface area contributed by atoms with Crippen molar-refractivity contribution in [3.8, 4) is 11.1 Å². The number of hydrogen-bond acceptors (Lipinski definition) is 11. The van der Waals surface area contributed by atoms with Crippen molar-refractivity contribution < 1.29 is 37.1 Å². The number of nitrogens with one attached hydrogen (secondary N) is 3. The van der Waals surface area contributed by atoms with Gasteiger partial charge in [0.15, 0.2) is 0 Å². The van der Waals surface area contributed by atoms with Gasteiger partial charge in [-0.15, -0.1) is 10.2 Å². The number of unbranched alkanes of at least 4 members (excludes halogenated alkanes) is 4. The van der Waals surface area contributed by atoms with Crippen molar-refractivity contribution in [2.75, 3.05) is 18.5 Å². The van der Waals surface area contributed by atoms with Crippen molar-refractivity contribution >= 4 is 61.4 Å². The van der Waals surface area contributed by atoms with Crippen molar-refractivity contribution in [2.45, 2.75) is 87.6 Å². The van der Waals surface area contributed by atoms with Gasteiger partial charge in [0, 0.05) is 36.9 Å². The van der Waals surface area contributed by atoms with E-state index in [1.165, 1.54) is 15.7 Å². The molecular formula is C41H47N7O8S2. The molecule has 5 aromatic rings. The highest BCUT2D eigenvalue weighted by molar-refractivity contribution is 7.91. The molecule has 15 nitrogen and oxygen atoms in total. The Kier molecular flexibility index (Phi) is 13.2. The zero-order valence-corrected chi connectivity index (χ0v) is 34.2. The number of sulfonamides is 1. The summed E-state index contributed by atoms with van der Waals surface area (Å²) in [6, 6.07) is 22.4. The van der Waals surface area contributed by atoms with Gasteiger partial charge >= 0.3 is 12.2 Å². The van der Waals surface area contributed by atoms with Crippen LogP contribution in [0, 0.1) is 0 Å². The molecule has 1 aliphatic rings. The van der Waals surface area contributed by atoms with Crippen molar-refractivity contribution in [2.24, 2.45) is 5.14 Å². The number of hydrogen-bond donors (Lipinski definition) is 4. The van der Waals surface area contributed by atoms with Crippen LogP contribution < -0.4 is 21.1 Å². The normalized spacial score (nSPS) is 13.0. The first-order valence-corrected chi connectivity index (χ1v) is 21.4. The summed E-state index contributed by atoms with van der Waals surface area (Å²) in [4.78, 5) is 52.4. The minimum Gasteiger partial charge on any atom is -0.449 e. The van der Waals surface area contributed by atoms with Crippen LogP contribution in [-0.2, 0) is 35.5 Å². The lowest BCUT2D eigenvalue weighted by Gasteiger charge is -2.19. The largest absolute Gasteiger partial charge is 0.449 e. The average molecular weight is 830 g/mol. The third-order valence-corrected chi connectivity index (χ3v) is 11.7. The van der Waals surface area contributed by atoms with Crippen LogP contribution in [0.5, 0.6) is 0 Å². The number of benzene rings is 3. The Hall–Kier alpha value is -5.65. The van der Waals surface area contributed by atoms with Gasteiger partial charge in [0.05, 0.1) is 5.52 Å². The molecule has 0 aliphatic heterocycles. The summed E-state index contributed by atoms with van der Waals surface area (Å²) >= 11 is 0.581. The molecule has 0 fully saturated rings. The highest BCUT2D eigenvalue weighted by Gasteiger charge is 2.30. The van der Waals surface area contributed by atoms with Gasteiger partial charge in [0.2, 0.25) is 21.3 Å². The topological polar surface area (TPSA) is 214 Å². The van der Waals surface area contributed by atoms with E-state index in [1.807, 2.05) is 24.3 Å². The number of anilines is 1. The van der Waals surface area contributed by atoms with Crippen molar-refractivity contribution in [1.82, 2.24) is 25.4 Å². The quantitative estimate of drug-likeness (QED) is 0.0629. The number of para-hydroxylation sites is 1. The fraction of sp³-hybridized carbons (Fsp3) is 0.366. The van der Waals surface area contributed by atoms with Crippen LogP contribution in [0.4, 0.5) is 14.7 Å². The number of fused-ring (bicyclic) bond motifs is 4. The van der Waals surface area contributed by atoms with E-state index < -0.39 is 44.1 Å². The molecule has 2 aromatic heterocycles. The highest BCUT2D eigenvalue weighted by Crippen LogP contribution is 2.44. The summed E-state index contributed by atoms with van der Waals surface area (Å²) in [5.74, 6) is -1.04. The van der Waals surface area contributed by atoms with Crippen LogP contribution in [0.3, 0.4) is 0 Å². The molecule has 0 spiro atoms. The standard InChI is InChI=1S/C41H47N7O8S2/c1-41(2,3)56-40(52)48-24-26(27-15-12-13-20-34(27)48)23-33(36(50)45-37-46-47-39(57-37)58(42,53)54)44-35(49)21-7-5-4-6-14-22-43-38(51)55-25-32-30-18-10-8-16-28(30)29-17-9-11-19-31(29)32/h8-13,15-20,24,32-33H,4-7,14,21-23,25H2,1-3H3,(H,43,51)(H,44,49)(H2,42,53,54)(H,45,46,50)/t33-/m0/s1. The molecule has 17 heteroatoms. The van der Waals surface area contributed by atoms with Crippen LogP contribution in [-0.4, -0.2) is 72.0 Å². The SMILES string of the molecule is CC(C)(C)OC(=O)n1cc(C[C@H](NC(=O)CCCCCCCNC(=O)OCC2c3ccccc3-c3ccccc32)C(=O)Nc2nnc(S(N)(=O)=O)s2)c2ccccc21. The molecule has 306 valence electrons. The Labute approximate surface area is 340 Å². The van der Waals surface area contributed by atoms with Gasteiger partial charge in [-0.3, -0.25) is 19.5 Å². The number of nitrogens with two attached hydrogens (primary N) is 1. The first-order valence-electron chi connectivity index (χ1n) is 19.1. The van der Waals surface area contributed by atoms with Crippen molar-refractivity contribution in [3.05, 3.63) is 95.7 Å². The molecule has 0 saturated heterocycles. The molecule has 58 heavy (non-hydrogen) atoms. The number of primary sulfonamides is 1. The van der Waals surface area contributed by atoms with Gasteiger partial charge in [0.1, 0.15) is 18.2 Å². The van der Waals surface area contributed by atoms with E-state index in [1.54, 1.807) is 51.2 Å². The molecule has 2 heterocycles. The Morgan fingerprint density at radius 3 is 2.19 bits per heavy atom. The monoisotopic (exact) mass is 829 g/mol. The maximum Gasteiger partial charge on any atom is 0.419 e. The number of amides is 3. The maximum absolute atomic E-state index is 13.6. The minimum atomic E-state index is -4.14. The van der Waals surface area contributed by atoms with Crippen LogP contribution in [0.25, 0.3) is 22.0 Å². The van der Waals surface area contributed by atoms with Gasteiger partial charge in [-0.2, -0.15) is 0 Å². The highest BCUT2D eigenvalue weighted by atomic mass is 32.2. The number of carbonyl (C=O) groups is 4. The molecule has 5 N–H and O–H groups in total. The summed E-state index contributed by atoms with van der Waals surface area (Å²) in [5.41, 5.74) is 5.05. The number of aromatic nitrogens is 3. The molecular weight excluding hydrogens is 783 g/mol. The molecule has 0 bridgehead atoms. The van der Waals surface area contributed by atoms with Gasteiger partial charge in [-0.1, -0.05) is 97.3 Å². The zero-order valence-electron chi connectivity index (χ0n) is 32.5. The predicted octanol–water partition coefficient (Wildman–Crippen LogP) is 6.47. The fourth-order valence-electron chi connectivity index (χ4n) is 6.92. The molecule has 3 aromatic carbocycles. The minimum absolute atomic E-state index is 0.00738. The van der Waals surface area contributed by atoms with Gasteiger partial charge in [0.25, 0.3) is 10.0 Å². The lowest BCUT2D eigenvalue weighted by Crippen LogP contribution is -2.45. The van der Waals surface area contributed by atoms with E-state index in [2.05, 4.69) is 50.4 Å². The van der Waals surface area contributed by atoms with Gasteiger partial charge in [-0.05, 0) is 67.5 Å². The van der Waals surface area contributed by atoms with E-state index in [0.717, 1.165) is 36.8 Å². The third-order valence-electron chi connectivity index (χ3n) is 9.53. The second kappa shape index (κ2) is 18.3. The number of rotatable bonds is 16. The van der Waals surface area contributed by atoms with E-state index >= 15 is 0 Å². The number of carbonyl (C=O) groups excluding carboxylic acids is 4. The van der Waals surface area contributed by atoms with Gasteiger partial charge in [-0.25, -0.2) is 23.1 Å². The van der Waals surface area contributed by atoms with E-state index in [9.17, 15) is 27.6 Å². The lowest BCUT2D eigenvalue weighted by molar-refractivity contribution is -0.126. The molecule has 0 radical (unpaired) electrons. The Morgan fingerprint density at radius 1 is 0.879 bits per heavy atom. The summed E-state index contributed by atoms with van der Waals surface area (Å²) in [5, 5.41) is 21.1. The van der Waals surface area contributed by atoms with Crippen LogP contribution in [0.2, 0.25) is 0 Å². The zero-order chi connectivity index (χ0) is 41.5. The Balaban J connectivity index is 0.978. The molecule has 0 saturated carbocycles. The molecule has 3 amide bonds. The summed E-state index contributed by atoms with van der Waals surface area (Å²) in [7, 11) is -4.14. The molecule has 0 unspecified atom stereocenters. The smallest absolute Gasteiger partial charge is 0.419 e. The van der Waals surface area contributed by atoms with Crippen LogP contribution in [0.15, 0.2) is 83.3 Å². The number of alkyl carbamates (subject to hydrolysis) is 1. The van der Waals surface area contributed by atoms with Crippen molar-refractivity contribution in [1.29, 1.82) is 0 Å². The second-order valence-corrected chi connectivity index (χ2v) is 17.7. The van der Waals surface area contributed by atoms with Crippen LogP contribution >= 0.6 is 11.3 Å². The summed E-state index contributed by atoms with van der Waals surface area (Å²) in [6.45, 7) is 5.99. The average Bonchev–Trinajstić information content (AvgIpc) is 3.89. The number of nitrogens with zero attached hydrogens (tertiary/aromatic N) is 3. The molecule has 1 atom stereocenters. The van der Waals surface area contributed by atoms with Crippen molar-refractivity contribution in [3.63, 3.8) is 0 Å². The fourth-order valence-corrected chi connectivity index (χ4v) is 8.26. The summed E-state index contributed by atoms with van der Waals surface area (Å²) < 4.78 is 35.6. The van der Waals surface area contributed by atoms with E-state index in [-0.39, 0.29) is 36.4 Å². The first kappa shape index (κ1) is 42.0. The van der Waals surface area contributed by atoms with E-state index in [0.29, 0.717) is 40.8 Å². The van der Waals surface area contributed by atoms with Gasteiger partial charge < -0.3 is 20.1 Å². The van der Waals surface area contributed by atoms with E-state index in [4.69, 9.17) is 14.6 Å². The second-order valence-electron chi connectivity index (χ2n) is 15.0. The third kappa shape index (κ3) is 10.6. The summed E-state index contributed by atoms with van der Waals surface area (Å²) in [6.07, 6.45) is 4.39. The first-order chi connectivity index (χ1) is 27.7. The molecule has 6 rings (SSSR count).